The summed E-state index contributed by atoms with van der Waals surface area (Å²) in [6, 6.07) is 7.59. The molecule has 6 nitrogen and oxygen atoms in total. The topological polar surface area (TPSA) is 93.2 Å². The van der Waals surface area contributed by atoms with Gasteiger partial charge in [-0.15, -0.1) is 0 Å². The molecule has 0 atom stereocenters. The average Bonchev–Trinajstić information content (AvgIpc) is 2.90. The number of nitrogens with two attached hydrogens (primary N) is 1. The third kappa shape index (κ3) is 3.83. The van der Waals surface area contributed by atoms with Crippen LogP contribution in [0.3, 0.4) is 0 Å². The number of rotatable bonds is 6. The predicted molar refractivity (Wildman–Crippen MR) is 76.2 cm³/mol. The lowest BCUT2D eigenvalue weighted by atomic mass is 10.1. The van der Waals surface area contributed by atoms with Crippen molar-refractivity contribution in [3.8, 4) is 0 Å². The maximum Gasteiger partial charge on any atom is 0.273 e. The molecule has 106 valence electrons. The van der Waals surface area contributed by atoms with Crippen LogP contribution in [0.5, 0.6) is 0 Å². The van der Waals surface area contributed by atoms with Gasteiger partial charge in [-0.25, -0.2) is 4.98 Å². The lowest BCUT2D eigenvalue weighted by molar-refractivity contribution is 0.0949. The standard InChI is InChI=1S/C14H18N4O2/c1-16-8-13-18-12(9-20-13)14(19)17-7-6-10-2-4-11(15)5-3-10/h2-5,9,16H,6-8,15H2,1H3,(H,17,19). The van der Waals surface area contributed by atoms with Gasteiger partial charge in [-0.1, -0.05) is 12.1 Å². The summed E-state index contributed by atoms with van der Waals surface area (Å²) in [5.41, 5.74) is 7.77. The van der Waals surface area contributed by atoms with Crippen molar-refractivity contribution in [2.45, 2.75) is 13.0 Å². The summed E-state index contributed by atoms with van der Waals surface area (Å²) in [4.78, 5) is 15.9. The number of nitrogen functional groups attached to an aromatic ring is 1. The third-order valence-electron chi connectivity index (χ3n) is 2.79. The Morgan fingerprint density at radius 3 is 2.80 bits per heavy atom. The first-order valence-electron chi connectivity index (χ1n) is 6.40. The van der Waals surface area contributed by atoms with Crippen LogP contribution in [0, 0.1) is 0 Å². The molecule has 1 amide bonds. The molecule has 1 aromatic heterocycles. The van der Waals surface area contributed by atoms with Crippen LogP contribution in [0.1, 0.15) is 21.9 Å². The number of amides is 1. The molecule has 0 aliphatic rings. The molecule has 0 radical (unpaired) electrons. The van der Waals surface area contributed by atoms with Gasteiger partial charge < -0.3 is 20.8 Å². The minimum Gasteiger partial charge on any atom is -0.447 e. The van der Waals surface area contributed by atoms with Crippen molar-refractivity contribution in [3.63, 3.8) is 0 Å². The molecule has 6 heteroatoms. The van der Waals surface area contributed by atoms with Crippen molar-refractivity contribution in [3.05, 3.63) is 47.7 Å². The van der Waals surface area contributed by atoms with Gasteiger partial charge in [0.15, 0.2) is 5.69 Å². The van der Waals surface area contributed by atoms with Gasteiger partial charge in [-0.05, 0) is 31.2 Å². The van der Waals surface area contributed by atoms with Crippen LogP contribution in [0.2, 0.25) is 0 Å². The van der Waals surface area contributed by atoms with Gasteiger partial charge in [0.25, 0.3) is 5.91 Å². The molecule has 0 unspecified atom stereocenters. The zero-order chi connectivity index (χ0) is 14.4. The van der Waals surface area contributed by atoms with Crippen molar-refractivity contribution >= 4 is 11.6 Å². The molecule has 0 saturated heterocycles. The van der Waals surface area contributed by atoms with Crippen LogP contribution in [0.25, 0.3) is 0 Å². The lowest BCUT2D eigenvalue weighted by Gasteiger charge is -2.03. The minimum absolute atomic E-state index is 0.230. The summed E-state index contributed by atoms with van der Waals surface area (Å²) < 4.78 is 5.16. The number of nitrogens with one attached hydrogen (secondary N) is 2. The van der Waals surface area contributed by atoms with Gasteiger partial charge in [-0.2, -0.15) is 0 Å². The molecular weight excluding hydrogens is 256 g/mol. The van der Waals surface area contributed by atoms with Gasteiger partial charge in [0.05, 0.1) is 6.54 Å². The number of carbonyl (C=O) groups is 1. The largest absolute Gasteiger partial charge is 0.447 e. The van der Waals surface area contributed by atoms with Gasteiger partial charge >= 0.3 is 0 Å². The Hall–Kier alpha value is -2.34. The van der Waals surface area contributed by atoms with Crippen molar-refractivity contribution in [1.82, 2.24) is 15.6 Å². The maximum atomic E-state index is 11.8. The Balaban J connectivity index is 1.81. The van der Waals surface area contributed by atoms with Crippen LogP contribution in [0.4, 0.5) is 5.69 Å². The Kier molecular flexibility index (Phi) is 4.73. The molecular formula is C14H18N4O2. The number of hydrogen-bond donors (Lipinski definition) is 3. The van der Waals surface area contributed by atoms with Crippen molar-refractivity contribution in [1.29, 1.82) is 0 Å². The Morgan fingerprint density at radius 1 is 1.35 bits per heavy atom. The van der Waals surface area contributed by atoms with Crippen LogP contribution < -0.4 is 16.4 Å². The van der Waals surface area contributed by atoms with E-state index in [0.717, 1.165) is 17.7 Å². The van der Waals surface area contributed by atoms with E-state index in [2.05, 4.69) is 15.6 Å². The fourth-order valence-corrected chi connectivity index (χ4v) is 1.74. The average molecular weight is 274 g/mol. The van der Waals surface area contributed by atoms with Crippen LogP contribution in [-0.4, -0.2) is 24.5 Å². The molecule has 1 aromatic carbocycles. The van der Waals surface area contributed by atoms with E-state index in [0.29, 0.717) is 24.7 Å². The molecule has 0 bridgehead atoms. The fourth-order valence-electron chi connectivity index (χ4n) is 1.74. The number of hydrogen-bond acceptors (Lipinski definition) is 5. The normalized spacial score (nSPS) is 10.4. The van der Waals surface area contributed by atoms with E-state index in [1.54, 1.807) is 7.05 Å². The van der Waals surface area contributed by atoms with E-state index in [4.69, 9.17) is 10.2 Å². The van der Waals surface area contributed by atoms with Gasteiger partial charge in [-0.3, -0.25) is 4.79 Å². The predicted octanol–water partition coefficient (Wildman–Crippen LogP) is 0.949. The number of oxazole rings is 1. The molecule has 2 aromatic rings. The molecule has 0 aliphatic carbocycles. The second kappa shape index (κ2) is 6.72. The third-order valence-corrected chi connectivity index (χ3v) is 2.79. The molecule has 0 fully saturated rings. The first-order chi connectivity index (χ1) is 9.69. The van der Waals surface area contributed by atoms with Crippen molar-refractivity contribution < 1.29 is 9.21 Å². The Bertz CT molecular complexity index is 563. The molecule has 0 spiro atoms. The Morgan fingerprint density at radius 2 is 2.10 bits per heavy atom. The molecule has 1 heterocycles. The molecule has 0 aliphatic heterocycles. The molecule has 20 heavy (non-hydrogen) atoms. The van der Waals surface area contributed by atoms with E-state index in [1.165, 1.54) is 6.26 Å². The van der Waals surface area contributed by atoms with E-state index < -0.39 is 0 Å². The van der Waals surface area contributed by atoms with Crippen LogP contribution in [-0.2, 0) is 13.0 Å². The fraction of sp³-hybridized carbons (Fsp3) is 0.286. The highest BCUT2D eigenvalue weighted by atomic mass is 16.3. The van der Waals surface area contributed by atoms with E-state index in [1.807, 2.05) is 24.3 Å². The second-order valence-corrected chi connectivity index (χ2v) is 4.40. The summed E-state index contributed by atoms with van der Waals surface area (Å²) in [5, 5.41) is 5.71. The summed E-state index contributed by atoms with van der Waals surface area (Å²) in [6.07, 6.45) is 2.11. The summed E-state index contributed by atoms with van der Waals surface area (Å²) in [7, 11) is 1.79. The monoisotopic (exact) mass is 274 g/mol. The Labute approximate surface area is 117 Å². The highest BCUT2D eigenvalue weighted by Crippen LogP contribution is 2.06. The molecule has 2 rings (SSSR count). The number of aromatic nitrogens is 1. The van der Waals surface area contributed by atoms with Crippen LogP contribution >= 0.6 is 0 Å². The first-order valence-corrected chi connectivity index (χ1v) is 6.40. The van der Waals surface area contributed by atoms with E-state index in [9.17, 15) is 4.79 Å². The van der Waals surface area contributed by atoms with E-state index >= 15 is 0 Å². The minimum atomic E-state index is -0.230. The summed E-state index contributed by atoms with van der Waals surface area (Å²) >= 11 is 0. The van der Waals surface area contributed by atoms with Crippen LogP contribution in [0.15, 0.2) is 34.9 Å². The molecule has 4 N–H and O–H groups in total. The SMILES string of the molecule is CNCc1nc(C(=O)NCCc2ccc(N)cc2)co1. The number of carbonyl (C=O) groups excluding carboxylic acids is 1. The van der Waals surface area contributed by atoms with Crippen molar-refractivity contribution in [2.75, 3.05) is 19.3 Å². The summed E-state index contributed by atoms with van der Waals surface area (Å²) in [6.45, 7) is 1.04. The zero-order valence-electron chi connectivity index (χ0n) is 11.3. The first kappa shape index (κ1) is 14.1. The van der Waals surface area contributed by atoms with Gasteiger partial charge in [0, 0.05) is 12.2 Å². The summed E-state index contributed by atoms with van der Waals surface area (Å²) in [5.74, 6) is 0.266. The number of nitrogens with zero attached hydrogens (tertiary/aromatic N) is 1. The number of benzene rings is 1. The molecule has 0 saturated carbocycles. The highest BCUT2D eigenvalue weighted by Gasteiger charge is 2.11. The zero-order valence-corrected chi connectivity index (χ0v) is 11.3. The van der Waals surface area contributed by atoms with Gasteiger partial charge in [0.2, 0.25) is 5.89 Å². The van der Waals surface area contributed by atoms with E-state index in [-0.39, 0.29) is 5.91 Å². The van der Waals surface area contributed by atoms with Crippen molar-refractivity contribution in [2.24, 2.45) is 0 Å². The quantitative estimate of drug-likeness (QED) is 0.682. The number of anilines is 1. The second-order valence-electron chi connectivity index (χ2n) is 4.40. The smallest absolute Gasteiger partial charge is 0.273 e. The highest BCUT2D eigenvalue weighted by molar-refractivity contribution is 5.91. The maximum absolute atomic E-state index is 11.8. The van der Waals surface area contributed by atoms with Gasteiger partial charge in [0.1, 0.15) is 6.26 Å². The lowest BCUT2D eigenvalue weighted by Crippen LogP contribution is -2.26.